The first-order valence-electron chi connectivity index (χ1n) is 16.6. The summed E-state index contributed by atoms with van der Waals surface area (Å²) in [5.74, 6) is -0.219. The van der Waals surface area contributed by atoms with Crippen LogP contribution in [0, 0.1) is 0 Å². The number of carbonyl (C=O) groups excluding carboxylic acids is 1. The van der Waals surface area contributed by atoms with Gasteiger partial charge in [0.05, 0.1) is 13.2 Å². The molecule has 0 heterocycles. The zero-order valence-corrected chi connectivity index (χ0v) is 25.9. The minimum atomic E-state index is -0.541. The third-order valence-corrected chi connectivity index (χ3v) is 6.94. The van der Waals surface area contributed by atoms with Crippen LogP contribution in [0.15, 0.2) is 36.5 Å². The lowest BCUT2D eigenvalue weighted by molar-refractivity contribution is -0.154. The third kappa shape index (κ3) is 31.0. The number of unbranched alkanes of at least 4 members (excludes halogenated alkanes) is 16. The molecule has 0 aliphatic rings. The molecule has 0 saturated heterocycles. The lowest BCUT2D eigenvalue weighted by atomic mass is 10.1. The summed E-state index contributed by atoms with van der Waals surface area (Å²) in [6.07, 6.45) is 38.8. The molecule has 0 saturated carbocycles. The van der Waals surface area contributed by atoms with Gasteiger partial charge in [-0.3, -0.25) is 4.79 Å². The fraction of sp³-hybridized carbons (Fsp3) is 0.800. The maximum Gasteiger partial charge on any atom is 0.306 e. The highest BCUT2D eigenvalue weighted by atomic mass is 16.6. The predicted molar refractivity (Wildman–Crippen MR) is 168 cm³/mol. The van der Waals surface area contributed by atoms with Crippen LogP contribution in [0.3, 0.4) is 0 Å². The van der Waals surface area contributed by atoms with Gasteiger partial charge in [0.2, 0.25) is 0 Å². The highest BCUT2D eigenvalue weighted by Gasteiger charge is 2.13. The van der Waals surface area contributed by atoms with Crippen molar-refractivity contribution in [2.24, 2.45) is 0 Å². The molecule has 1 N–H and O–H groups in total. The van der Waals surface area contributed by atoms with Gasteiger partial charge in [0.25, 0.3) is 0 Å². The van der Waals surface area contributed by atoms with E-state index in [1.165, 1.54) is 96.3 Å². The highest BCUT2D eigenvalue weighted by Crippen LogP contribution is 2.11. The average Bonchev–Trinajstić information content (AvgIpc) is 2.94. The Morgan fingerprint density at radius 1 is 0.615 bits per heavy atom. The smallest absolute Gasteiger partial charge is 0.306 e. The molecule has 0 aromatic rings. The van der Waals surface area contributed by atoms with E-state index in [0.717, 1.165) is 38.5 Å². The minimum absolute atomic E-state index is 0.180. The summed E-state index contributed by atoms with van der Waals surface area (Å²) in [6, 6.07) is 0. The first kappa shape index (κ1) is 37.6. The van der Waals surface area contributed by atoms with E-state index in [0.29, 0.717) is 13.0 Å². The van der Waals surface area contributed by atoms with Crippen LogP contribution in [0.1, 0.15) is 155 Å². The molecule has 1 atom stereocenters. The van der Waals surface area contributed by atoms with Crippen molar-refractivity contribution in [3.63, 3.8) is 0 Å². The molecule has 0 fully saturated rings. The van der Waals surface area contributed by atoms with Crippen molar-refractivity contribution in [3.05, 3.63) is 36.5 Å². The Balaban J connectivity index is 3.50. The van der Waals surface area contributed by atoms with Crippen molar-refractivity contribution >= 4 is 5.97 Å². The maximum absolute atomic E-state index is 12.1. The molecular formula is C35H64O4. The molecule has 0 radical (unpaired) electrons. The van der Waals surface area contributed by atoms with Crippen molar-refractivity contribution in [2.75, 3.05) is 19.8 Å². The number of rotatable bonds is 30. The highest BCUT2D eigenvalue weighted by molar-refractivity contribution is 5.69. The summed E-state index contributed by atoms with van der Waals surface area (Å²) in [4.78, 5) is 12.1. The predicted octanol–water partition coefficient (Wildman–Crippen LogP) is 10.2. The molecule has 0 aromatic heterocycles. The number of ether oxygens (including phenoxy) is 2. The zero-order chi connectivity index (χ0) is 28.5. The number of aliphatic hydroxyl groups excluding tert-OH is 1. The van der Waals surface area contributed by atoms with Gasteiger partial charge in [-0.1, -0.05) is 121 Å². The number of esters is 1. The Hall–Kier alpha value is -1.39. The van der Waals surface area contributed by atoms with Gasteiger partial charge in [-0.25, -0.2) is 0 Å². The van der Waals surface area contributed by atoms with Crippen LogP contribution in [-0.2, 0) is 14.3 Å². The van der Waals surface area contributed by atoms with Gasteiger partial charge >= 0.3 is 5.97 Å². The molecule has 4 nitrogen and oxygen atoms in total. The quantitative estimate of drug-likeness (QED) is 0.0551. The summed E-state index contributed by atoms with van der Waals surface area (Å²) >= 11 is 0. The summed E-state index contributed by atoms with van der Waals surface area (Å²) in [5.41, 5.74) is 0. The number of allylic oxidation sites excluding steroid dienone is 6. The van der Waals surface area contributed by atoms with Crippen LogP contribution in [-0.4, -0.2) is 37.0 Å². The maximum atomic E-state index is 12.1. The lowest BCUT2D eigenvalue weighted by Crippen LogP contribution is -2.27. The fourth-order valence-electron chi connectivity index (χ4n) is 4.40. The summed E-state index contributed by atoms with van der Waals surface area (Å²) in [5, 5.41) is 9.51. The molecule has 0 aromatic carbocycles. The number of hydrogen-bond donors (Lipinski definition) is 1. The number of hydrogen-bond acceptors (Lipinski definition) is 4. The first-order chi connectivity index (χ1) is 19.2. The van der Waals surface area contributed by atoms with Gasteiger partial charge < -0.3 is 14.6 Å². The van der Waals surface area contributed by atoms with Crippen LogP contribution in [0.5, 0.6) is 0 Å². The monoisotopic (exact) mass is 548 g/mol. The van der Waals surface area contributed by atoms with Crippen LogP contribution >= 0.6 is 0 Å². The summed E-state index contributed by atoms with van der Waals surface area (Å²) < 4.78 is 11.1. The number of carbonyl (C=O) groups is 1. The van der Waals surface area contributed by atoms with E-state index in [2.05, 4.69) is 50.3 Å². The van der Waals surface area contributed by atoms with E-state index in [-0.39, 0.29) is 19.2 Å². The van der Waals surface area contributed by atoms with E-state index in [9.17, 15) is 9.90 Å². The second kappa shape index (κ2) is 32.8. The van der Waals surface area contributed by atoms with Crippen molar-refractivity contribution in [3.8, 4) is 0 Å². The molecule has 0 aliphatic heterocycles. The van der Waals surface area contributed by atoms with Crippen molar-refractivity contribution in [1.29, 1.82) is 0 Å². The molecule has 0 aliphatic carbocycles. The largest absolute Gasteiger partial charge is 0.457 e. The average molecular weight is 549 g/mol. The fourth-order valence-corrected chi connectivity index (χ4v) is 4.40. The molecular weight excluding hydrogens is 484 g/mol. The van der Waals surface area contributed by atoms with Crippen LogP contribution < -0.4 is 0 Å². The van der Waals surface area contributed by atoms with Crippen molar-refractivity contribution in [2.45, 2.75) is 161 Å². The first-order valence-corrected chi connectivity index (χ1v) is 16.6. The summed E-state index contributed by atoms with van der Waals surface area (Å²) in [7, 11) is 0. The van der Waals surface area contributed by atoms with Crippen molar-refractivity contribution < 1.29 is 19.4 Å². The van der Waals surface area contributed by atoms with Gasteiger partial charge in [0, 0.05) is 13.0 Å². The second-order valence-corrected chi connectivity index (χ2v) is 10.9. The number of aliphatic hydroxyl groups is 1. The Morgan fingerprint density at radius 2 is 1.10 bits per heavy atom. The Labute approximate surface area is 242 Å². The molecule has 0 spiro atoms. The molecule has 0 amide bonds. The van der Waals surface area contributed by atoms with E-state index >= 15 is 0 Å². The third-order valence-electron chi connectivity index (χ3n) is 6.94. The summed E-state index contributed by atoms with van der Waals surface area (Å²) in [6.45, 7) is 5.25. The van der Waals surface area contributed by atoms with Crippen molar-refractivity contribution in [1.82, 2.24) is 0 Å². The van der Waals surface area contributed by atoms with Gasteiger partial charge in [-0.15, -0.1) is 0 Å². The van der Waals surface area contributed by atoms with Gasteiger partial charge in [0.15, 0.2) is 0 Å². The SMILES string of the molecule is CCCC/C=C\C/C=C\CCCCCCCC(=O)OC(CO)COCCCCCCCC/C=C\CCCCC. The Kier molecular flexibility index (Phi) is 31.7. The minimum Gasteiger partial charge on any atom is -0.457 e. The van der Waals surface area contributed by atoms with E-state index < -0.39 is 6.10 Å². The molecule has 0 bridgehead atoms. The van der Waals surface area contributed by atoms with Crippen LogP contribution in [0.4, 0.5) is 0 Å². The van der Waals surface area contributed by atoms with E-state index in [1.807, 2.05) is 0 Å². The normalized spacial score (nSPS) is 12.8. The topological polar surface area (TPSA) is 55.8 Å². The second-order valence-electron chi connectivity index (χ2n) is 10.9. The zero-order valence-electron chi connectivity index (χ0n) is 25.9. The standard InChI is InChI=1S/C35H64O4/c1-3-5-7-9-11-13-15-17-18-20-22-24-26-28-30-35(37)39-34(32-36)33-38-31-29-27-25-23-21-19-16-14-12-10-8-6-4-2/h9,11-12,14-15,17,34,36H,3-8,10,13,16,18-33H2,1-2H3/b11-9-,14-12-,17-15-. The molecule has 1 unspecified atom stereocenters. The van der Waals surface area contributed by atoms with Gasteiger partial charge in [-0.05, 0) is 64.2 Å². The Bertz CT molecular complexity index is 581. The van der Waals surface area contributed by atoms with Crippen LogP contribution in [0.2, 0.25) is 0 Å². The lowest BCUT2D eigenvalue weighted by Gasteiger charge is -2.15. The van der Waals surface area contributed by atoms with Gasteiger partial charge in [-0.2, -0.15) is 0 Å². The van der Waals surface area contributed by atoms with E-state index in [4.69, 9.17) is 9.47 Å². The van der Waals surface area contributed by atoms with Crippen LogP contribution in [0.25, 0.3) is 0 Å². The van der Waals surface area contributed by atoms with Gasteiger partial charge in [0.1, 0.15) is 6.10 Å². The molecule has 0 rings (SSSR count). The molecule has 228 valence electrons. The van der Waals surface area contributed by atoms with E-state index in [1.54, 1.807) is 0 Å². The Morgan fingerprint density at radius 3 is 1.69 bits per heavy atom. The molecule has 4 heteroatoms. The molecule has 39 heavy (non-hydrogen) atoms.